The van der Waals surface area contributed by atoms with E-state index in [-0.39, 0.29) is 5.91 Å². The number of hydrogen-bond donors (Lipinski definition) is 3. The van der Waals surface area contributed by atoms with E-state index in [1.165, 1.54) is 0 Å². The fraction of sp³-hybridized carbons (Fsp3) is 0.217. The molecule has 0 aliphatic rings. The molecule has 0 fully saturated rings. The van der Waals surface area contributed by atoms with Crippen molar-refractivity contribution in [2.75, 3.05) is 41.9 Å². The molecular formula is C23H27N5O. The Bertz CT molecular complexity index is 983. The SMILES string of the molecule is Cc1ccc(C(=O)Nc2ccc(NCCc3cccc(N)n3)cc2)c(N(C)C)c1. The molecule has 3 rings (SSSR count). The third-order valence-electron chi connectivity index (χ3n) is 4.56. The molecule has 0 bridgehead atoms. The van der Waals surface area contributed by atoms with Crippen molar-refractivity contribution in [3.05, 3.63) is 77.5 Å². The zero-order valence-corrected chi connectivity index (χ0v) is 17.1. The van der Waals surface area contributed by atoms with Crippen molar-refractivity contribution < 1.29 is 4.79 Å². The van der Waals surface area contributed by atoms with Crippen molar-refractivity contribution in [3.8, 4) is 0 Å². The van der Waals surface area contributed by atoms with Gasteiger partial charge in [-0.3, -0.25) is 4.79 Å². The lowest BCUT2D eigenvalue weighted by atomic mass is 10.1. The van der Waals surface area contributed by atoms with Gasteiger partial charge in [-0.1, -0.05) is 12.1 Å². The minimum absolute atomic E-state index is 0.123. The maximum Gasteiger partial charge on any atom is 0.257 e. The monoisotopic (exact) mass is 389 g/mol. The Morgan fingerprint density at radius 3 is 2.45 bits per heavy atom. The number of nitrogen functional groups attached to an aromatic ring is 1. The average molecular weight is 390 g/mol. The number of aryl methyl sites for hydroxylation is 1. The fourth-order valence-corrected chi connectivity index (χ4v) is 3.05. The van der Waals surface area contributed by atoms with Gasteiger partial charge in [-0.25, -0.2) is 4.98 Å². The lowest BCUT2D eigenvalue weighted by Gasteiger charge is -2.18. The highest BCUT2D eigenvalue weighted by atomic mass is 16.1. The molecule has 0 atom stereocenters. The lowest BCUT2D eigenvalue weighted by Crippen LogP contribution is -2.18. The van der Waals surface area contributed by atoms with E-state index in [4.69, 9.17) is 5.73 Å². The van der Waals surface area contributed by atoms with Crippen molar-refractivity contribution in [1.82, 2.24) is 4.98 Å². The molecule has 1 aromatic heterocycles. The molecule has 150 valence electrons. The molecule has 4 N–H and O–H groups in total. The Hall–Kier alpha value is -3.54. The highest BCUT2D eigenvalue weighted by Crippen LogP contribution is 2.22. The number of aromatic nitrogens is 1. The normalized spacial score (nSPS) is 10.4. The smallest absolute Gasteiger partial charge is 0.257 e. The lowest BCUT2D eigenvalue weighted by molar-refractivity contribution is 0.102. The molecule has 0 saturated heterocycles. The highest BCUT2D eigenvalue weighted by molar-refractivity contribution is 6.08. The first-order valence-corrected chi connectivity index (χ1v) is 9.57. The van der Waals surface area contributed by atoms with Gasteiger partial charge in [-0.2, -0.15) is 0 Å². The number of hydrogen-bond acceptors (Lipinski definition) is 5. The standard InChI is InChI=1S/C23H27N5O/c1-16-7-12-20(21(15-16)28(2)3)23(29)27-19-10-8-17(9-11-19)25-14-13-18-5-4-6-22(24)26-18/h4-12,15,25H,13-14H2,1-3H3,(H2,24,26)(H,27,29). The van der Waals surface area contributed by atoms with Crippen LogP contribution >= 0.6 is 0 Å². The summed E-state index contributed by atoms with van der Waals surface area (Å²) >= 11 is 0. The zero-order valence-electron chi connectivity index (χ0n) is 17.1. The molecule has 0 aliphatic heterocycles. The van der Waals surface area contributed by atoms with E-state index < -0.39 is 0 Å². The molecule has 2 aromatic carbocycles. The van der Waals surface area contributed by atoms with E-state index in [9.17, 15) is 4.79 Å². The predicted molar refractivity (Wildman–Crippen MR) is 121 cm³/mol. The maximum absolute atomic E-state index is 12.7. The van der Waals surface area contributed by atoms with E-state index >= 15 is 0 Å². The number of amides is 1. The van der Waals surface area contributed by atoms with Gasteiger partial charge in [0.25, 0.3) is 5.91 Å². The van der Waals surface area contributed by atoms with Gasteiger partial charge >= 0.3 is 0 Å². The molecule has 0 spiro atoms. The Morgan fingerprint density at radius 1 is 1.03 bits per heavy atom. The second-order valence-corrected chi connectivity index (χ2v) is 7.18. The van der Waals surface area contributed by atoms with Gasteiger partial charge in [-0.15, -0.1) is 0 Å². The number of benzene rings is 2. The molecule has 6 nitrogen and oxygen atoms in total. The summed E-state index contributed by atoms with van der Waals surface area (Å²) in [5.41, 5.74) is 11.1. The number of nitrogens with zero attached hydrogens (tertiary/aromatic N) is 2. The van der Waals surface area contributed by atoms with E-state index in [0.29, 0.717) is 11.4 Å². The van der Waals surface area contributed by atoms with Crippen LogP contribution in [0, 0.1) is 6.92 Å². The molecule has 0 aliphatic carbocycles. The molecule has 6 heteroatoms. The quantitative estimate of drug-likeness (QED) is 0.570. The Balaban J connectivity index is 1.58. The minimum Gasteiger partial charge on any atom is -0.385 e. The van der Waals surface area contributed by atoms with E-state index in [2.05, 4.69) is 15.6 Å². The van der Waals surface area contributed by atoms with Gasteiger partial charge < -0.3 is 21.3 Å². The van der Waals surface area contributed by atoms with E-state index in [1.807, 2.05) is 80.5 Å². The molecule has 0 saturated carbocycles. The number of rotatable bonds is 7. The molecule has 3 aromatic rings. The van der Waals surface area contributed by atoms with Gasteiger partial charge in [-0.05, 0) is 61.0 Å². The van der Waals surface area contributed by atoms with Crippen LogP contribution in [0.3, 0.4) is 0 Å². The first-order chi connectivity index (χ1) is 13.9. The third kappa shape index (κ3) is 5.48. The summed E-state index contributed by atoms with van der Waals surface area (Å²) in [4.78, 5) is 19.0. The van der Waals surface area contributed by atoms with E-state index in [0.717, 1.165) is 41.3 Å². The number of anilines is 4. The van der Waals surface area contributed by atoms with Crippen LogP contribution < -0.4 is 21.3 Å². The van der Waals surface area contributed by atoms with Crippen LogP contribution in [0.2, 0.25) is 0 Å². The Labute approximate surface area is 171 Å². The molecule has 0 radical (unpaired) electrons. The minimum atomic E-state index is -0.123. The van der Waals surface area contributed by atoms with Gasteiger partial charge in [0.2, 0.25) is 0 Å². The van der Waals surface area contributed by atoms with Gasteiger partial charge in [0.05, 0.1) is 5.56 Å². The second-order valence-electron chi connectivity index (χ2n) is 7.18. The second kappa shape index (κ2) is 9.10. The van der Waals surface area contributed by atoms with Gasteiger partial charge in [0.1, 0.15) is 5.82 Å². The molecular weight excluding hydrogens is 362 g/mol. The van der Waals surface area contributed by atoms with Crippen LogP contribution in [0.1, 0.15) is 21.6 Å². The summed E-state index contributed by atoms with van der Waals surface area (Å²) in [7, 11) is 3.87. The van der Waals surface area contributed by atoms with Crippen molar-refractivity contribution in [2.45, 2.75) is 13.3 Å². The fourth-order valence-electron chi connectivity index (χ4n) is 3.05. The first kappa shape index (κ1) is 20.2. The van der Waals surface area contributed by atoms with Crippen molar-refractivity contribution >= 4 is 28.8 Å². The molecule has 29 heavy (non-hydrogen) atoms. The van der Waals surface area contributed by atoms with Crippen molar-refractivity contribution in [2.24, 2.45) is 0 Å². The third-order valence-corrected chi connectivity index (χ3v) is 4.56. The summed E-state index contributed by atoms with van der Waals surface area (Å²) in [6.45, 7) is 2.76. The largest absolute Gasteiger partial charge is 0.385 e. The number of nitrogens with one attached hydrogen (secondary N) is 2. The van der Waals surface area contributed by atoms with Gasteiger partial charge in [0.15, 0.2) is 0 Å². The first-order valence-electron chi connectivity index (χ1n) is 9.57. The molecule has 1 amide bonds. The number of nitrogens with two attached hydrogens (primary N) is 1. The van der Waals surface area contributed by atoms with Crippen LogP contribution in [-0.4, -0.2) is 31.5 Å². The summed E-state index contributed by atoms with van der Waals surface area (Å²) in [6.07, 6.45) is 0.782. The van der Waals surface area contributed by atoms with Crippen LogP contribution in [0.5, 0.6) is 0 Å². The van der Waals surface area contributed by atoms with Crippen LogP contribution in [0.4, 0.5) is 22.9 Å². The predicted octanol–water partition coefficient (Wildman–Crippen LogP) is 3.95. The van der Waals surface area contributed by atoms with Crippen LogP contribution in [0.25, 0.3) is 0 Å². The molecule has 1 heterocycles. The summed E-state index contributed by atoms with van der Waals surface area (Å²) < 4.78 is 0. The Morgan fingerprint density at radius 2 is 1.76 bits per heavy atom. The highest BCUT2D eigenvalue weighted by Gasteiger charge is 2.13. The van der Waals surface area contributed by atoms with E-state index in [1.54, 1.807) is 6.07 Å². The van der Waals surface area contributed by atoms with Gasteiger partial charge in [0, 0.05) is 49.8 Å². The zero-order chi connectivity index (χ0) is 20.8. The summed E-state index contributed by atoms with van der Waals surface area (Å²) in [6, 6.07) is 19.2. The number of carbonyl (C=O) groups is 1. The Kier molecular flexibility index (Phi) is 6.34. The number of carbonyl (C=O) groups excluding carboxylic acids is 1. The summed E-state index contributed by atoms with van der Waals surface area (Å²) in [5.74, 6) is 0.413. The average Bonchev–Trinajstić information content (AvgIpc) is 2.69. The van der Waals surface area contributed by atoms with Crippen molar-refractivity contribution in [1.29, 1.82) is 0 Å². The molecule has 0 unspecified atom stereocenters. The van der Waals surface area contributed by atoms with Crippen molar-refractivity contribution in [3.63, 3.8) is 0 Å². The summed E-state index contributed by atoms with van der Waals surface area (Å²) in [5, 5.41) is 6.33. The van der Waals surface area contributed by atoms with Crippen LogP contribution in [-0.2, 0) is 6.42 Å². The van der Waals surface area contributed by atoms with Crippen LogP contribution in [0.15, 0.2) is 60.7 Å². The topological polar surface area (TPSA) is 83.3 Å². The number of pyridine rings is 1. The maximum atomic E-state index is 12.7.